The largest absolute Gasteiger partial charge is 0.338 e. The van der Waals surface area contributed by atoms with E-state index in [2.05, 4.69) is 28.2 Å². The second-order valence-electron chi connectivity index (χ2n) is 5.17. The van der Waals surface area contributed by atoms with Gasteiger partial charge in [0.1, 0.15) is 0 Å². The van der Waals surface area contributed by atoms with Gasteiger partial charge in [0.15, 0.2) is 5.82 Å². The summed E-state index contributed by atoms with van der Waals surface area (Å²) < 4.78 is 0. The van der Waals surface area contributed by atoms with Crippen molar-refractivity contribution in [3.05, 3.63) is 54.4 Å². The summed E-state index contributed by atoms with van der Waals surface area (Å²) in [6, 6.07) is 10.0. The molecule has 2 aromatic rings. The molecule has 2 heterocycles. The third-order valence-electron chi connectivity index (χ3n) is 3.82. The lowest BCUT2D eigenvalue weighted by Crippen LogP contribution is -2.38. The Kier molecular flexibility index (Phi) is 4.25. The van der Waals surface area contributed by atoms with E-state index in [1.54, 1.807) is 23.4 Å². The van der Waals surface area contributed by atoms with Crippen molar-refractivity contribution >= 4 is 11.5 Å². The Morgan fingerprint density at radius 3 is 2.41 bits per heavy atom. The van der Waals surface area contributed by atoms with Gasteiger partial charge in [-0.05, 0) is 23.6 Å². The highest BCUT2D eigenvalue weighted by Crippen LogP contribution is 2.24. The van der Waals surface area contributed by atoms with Crippen LogP contribution in [0.3, 0.4) is 0 Å². The number of aromatic nitrogens is 2. The van der Waals surface area contributed by atoms with Gasteiger partial charge >= 0.3 is 0 Å². The summed E-state index contributed by atoms with van der Waals surface area (Å²) in [5.41, 5.74) is 8.84. The molecule has 0 bridgehead atoms. The predicted molar refractivity (Wildman–Crippen MR) is 85.7 cm³/mol. The molecule has 0 atom stereocenters. The van der Waals surface area contributed by atoms with Crippen molar-refractivity contribution in [1.29, 1.82) is 0 Å². The van der Waals surface area contributed by atoms with Gasteiger partial charge in [-0.25, -0.2) is 9.97 Å². The fraction of sp³-hybridized carbons (Fsp3) is 0.235. The van der Waals surface area contributed by atoms with Gasteiger partial charge in [-0.2, -0.15) is 0 Å². The highest BCUT2D eigenvalue weighted by atomic mass is 16.2. The quantitative estimate of drug-likeness (QED) is 0.935. The smallest absolute Gasteiger partial charge is 0.236 e. The molecule has 0 aliphatic carbocycles. The molecule has 2 N–H and O–H groups in total. The average Bonchev–Trinajstić information content (AvgIpc) is 2.62. The molecule has 0 saturated heterocycles. The molecule has 5 heteroatoms. The Bertz CT molecular complexity index is 680. The molecule has 1 amide bonds. The van der Waals surface area contributed by atoms with Crippen LogP contribution in [0.25, 0.3) is 17.0 Å². The monoisotopic (exact) mass is 294 g/mol. The van der Waals surface area contributed by atoms with E-state index in [4.69, 9.17) is 5.73 Å². The molecule has 0 spiro atoms. The van der Waals surface area contributed by atoms with E-state index in [1.165, 1.54) is 11.1 Å². The standard InChI is InChI=1S/C17H18N4O/c18-12-16(22)21-10-6-14(7-11-21)13-2-4-15(5-3-13)17-19-8-1-9-20-17/h1-6,8-9H,7,10-12,18H2. The lowest BCUT2D eigenvalue weighted by Gasteiger charge is -2.26. The van der Waals surface area contributed by atoms with Crippen molar-refractivity contribution in [2.75, 3.05) is 19.6 Å². The van der Waals surface area contributed by atoms with Crippen molar-refractivity contribution in [1.82, 2.24) is 14.9 Å². The molecule has 1 aliphatic rings. The van der Waals surface area contributed by atoms with Gasteiger partial charge in [-0.3, -0.25) is 4.79 Å². The van der Waals surface area contributed by atoms with Crippen molar-refractivity contribution in [2.24, 2.45) is 5.73 Å². The molecule has 22 heavy (non-hydrogen) atoms. The Morgan fingerprint density at radius 1 is 1.14 bits per heavy atom. The summed E-state index contributed by atoms with van der Waals surface area (Å²) in [4.78, 5) is 21.9. The number of hydrogen-bond donors (Lipinski definition) is 1. The summed E-state index contributed by atoms with van der Waals surface area (Å²) in [7, 11) is 0. The first-order valence-corrected chi connectivity index (χ1v) is 7.32. The number of hydrogen-bond acceptors (Lipinski definition) is 4. The van der Waals surface area contributed by atoms with E-state index in [-0.39, 0.29) is 12.5 Å². The van der Waals surface area contributed by atoms with E-state index in [0.29, 0.717) is 6.54 Å². The number of carbonyl (C=O) groups is 1. The first kappa shape index (κ1) is 14.4. The fourth-order valence-electron chi connectivity index (χ4n) is 2.57. The van der Waals surface area contributed by atoms with Crippen LogP contribution in [-0.2, 0) is 4.79 Å². The molecule has 0 unspecified atom stereocenters. The van der Waals surface area contributed by atoms with Crippen LogP contribution in [0, 0.1) is 0 Å². The molecule has 0 saturated carbocycles. The minimum Gasteiger partial charge on any atom is -0.338 e. The van der Waals surface area contributed by atoms with Gasteiger partial charge in [-0.15, -0.1) is 0 Å². The lowest BCUT2D eigenvalue weighted by molar-refractivity contribution is -0.129. The van der Waals surface area contributed by atoms with Crippen LogP contribution in [0.5, 0.6) is 0 Å². The van der Waals surface area contributed by atoms with Gasteiger partial charge in [0.25, 0.3) is 0 Å². The molecular weight excluding hydrogens is 276 g/mol. The minimum absolute atomic E-state index is 0.00637. The Balaban J connectivity index is 1.74. The van der Waals surface area contributed by atoms with Gasteiger partial charge in [0.05, 0.1) is 6.54 Å². The number of nitrogens with zero attached hydrogens (tertiary/aromatic N) is 3. The highest BCUT2D eigenvalue weighted by molar-refractivity contribution is 5.80. The maximum atomic E-state index is 11.6. The topological polar surface area (TPSA) is 72.1 Å². The Morgan fingerprint density at radius 2 is 1.82 bits per heavy atom. The van der Waals surface area contributed by atoms with Gasteiger partial charge in [0.2, 0.25) is 5.91 Å². The molecular formula is C17H18N4O. The number of rotatable bonds is 3. The summed E-state index contributed by atoms with van der Waals surface area (Å²) in [6.07, 6.45) is 6.43. The average molecular weight is 294 g/mol. The molecule has 112 valence electrons. The zero-order chi connectivity index (χ0) is 15.4. The number of benzene rings is 1. The zero-order valence-corrected chi connectivity index (χ0v) is 12.3. The predicted octanol–water partition coefficient (Wildman–Crippen LogP) is 1.72. The molecule has 1 aliphatic heterocycles. The fourth-order valence-corrected chi connectivity index (χ4v) is 2.57. The minimum atomic E-state index is 0.00637. The van der Waals surface area contributed by atoms with Crippen LogP contribution in [0.2, 0.25) is 0 Å². The van der Waals surface area contributed by atoms with Gasteiger partial charge in [-0.1, -0.05) is 30.3 Å². The molecule has 1 aromatic carbocycles. The molecule has 0 radical (unpaired) electrons. The second-order valence-corrected chi connectivity index (χ2v) is 5.17. The SMILES string of the molecule is NCC(=O)N1CC=C(c2ccc(-c3ncccn3)cc2)CC1. The molecule has 5 nitrogen and oxygen atoms in total. The van der Waals surface area contributed by atoms with E-state index in [1.807, 2.05) is 12.1 Å². The number of nitrogens with two attached hydrogens (primary N) is 1. The third kappa shape index (κ3) is 3.04. The summed E-state index contributed by atoms with van der Waals surface area (Å²) in [5, 5.41) is 0. The van der Waals surface area contributed by atoms with Crippen LogP contribution >= 0.6 is 0 Å². The van der Waals surface area contributed by atoms with Crippen molar-refractivity contribution in [2.45, 2.75) is 6.42 Å². The maximum absolute atomic E-state index is 11.6. The van der Waals surface area contributed by atoms with Crippen LogP contribution in [0.15, 0.2) is 48.8 Å². The molecule has 3 rings (SSSR count). The zero-order valence-electron chi connectivity index (χ0n) is 12.3. The second kappa shape index (κ2) is 6.49. The summed E-state index contributed by atoms with van der Waals surface area (Å²) >= 11 is 0. The Labute approximate surface area is 129 Å². The first-order chi connectivity index (χ1) is 10.8. The number of carbonyl (C=O) groups excluding carboxylic acids is 1. The van der Waals surface area contributed by atoms with E-state index in [0.717, 1.165) is 24.4 Å². The first-order valence-electron chi connectivity index (χ1n) is 7.32. The third-order valence-corrected chi connectivity index (χ3v) is 3.82. The number of amides is 1. The summed E-state index contributed by atoms with van der Waals surface area (Å²) in [5.74, 6) is 0.735. The lowest BCUT2D eigenvalue weighted by atomic mass is 9.98. The van der Waals surface area contributed by atoms with Crippen molar-refractivity contribution in [3.63, 3.8) is 0 Å². The van der Waals surface area contributed by atoms with E-state index < -0.39 is 0 Å². The Hall–Kier alpha value is -2.53. The van der Waals surface area contributed by atoms with Crippen LogP contribution < -0.4 is 5.73 Å². The van der Waals surface area contributed by atoms with Gasteiger partial charge < -0.3 is 10.6 Å². The maximum Gasteiger partial charge on any atom is 0.236 e. The van der Waals surface area contributed by atoms with Crippen LogP contribution in [0.4, 0.5) is 0 Å². The summed E-state index contributed by atoms with van der Waals surface area (Å²) in [6.45, 7) is 1.44. The van der Waals surface area contributed by atoms with Crippen molar-refractivity contribution < 1.29 is 4.79 Å². The van der Waals surface area contributed by atoms with Crippen LogP contribution in [0.1, 0.15) is 12.0 Å². The highest BCUT2D eigenvalue weighted by Gasteiger charge is 2.16. The molecule has 1 aromatic heterocycles. The van der Waals surface area contributed by atoms with Crippen molar-refractivity contribution in [3.8, 4) is 11.4 Å². The van der Waals surface area contributed by atoms with Gasteiger partial charge in [0, 0.05) is 31.0 Å². The van der Waals surface area contributed by atoms with Crippen LogP contribution in [-0.4, -0.2) is 40.4 Å². The normalized spacial score (nSPS) is 14.6. The van der Waals surface area contributed by atoms with E-state index >= 15 is 0 Å². The molecule has 0 fully saturated rings. The van der Waals surface area contributed by atoms with E-state index in [9.17, 15) is 4.79 Å².